The van der Waals surface area contributed by atoms with E-state index in [4.69, 9.17) is 5.73 Å². The van der Waals surface area contributed by atoms with Crippen molar-refractivity contribution in [3.8, 4) is 0 Å². The first-order chi connectivity index (χ1) is 6.40. The first-order valence-electron chi connectivity index (χ1n) is 4.87. The minimum absolute atomic E-state index is 0.00778. The number of methoxy groups -OCH3 is 1. The van der Waals surface area contributed by atoms with Crippen molar-refractivity contribution in [1.29, 1.82) is 0 Å². The van der Waals surface area contributed by atoms with Gasteiger partial charge in [0.25, 0.3) is 0 Å². The number of ether oxygens (including phenoxy) is 1. The molecule has 2 N–H and O–H groups in total. The van der Waals surface area contributed by atoms with Crippen molar-refractivity contribution in [1.82, 2.24) is 0 Å². The monoisotopic (exact) mass is 203 g/mol. The Morgan fingerprint density at radius 3 is 2.29 bits per heavy atom. The number of alkyl halides is 1. The molecule has 0 aliphatic heterocycles. The molecule has 1 aliphatic carbocycles. The second-order valence-corrected chi connectivity index (χ2v) is 4.41. The molecule has 14 heavy (non-hydrogen) atoms. The number of hydrogen-bond acceptors (Lipinski definition) is 3. The Hall–Kier alpha value is -0.640. The smallest absolute Gasteiger partial charge is 0.316 e. The first kappa shape index (κ1) is 11.4. The van der Waals surface area contributed by atoms with Gasteiger partial charge in [-0.1, -0.05) is 0 Å². The summed E-state index contributed by atoms with van der Waals surface area (Å²) in [4.78, 5) is 11.7. The molecule has 3 nitrogen and oxygen atoms in total. The zero-order chi connectivity index (χ0) is 11.0. The maximum atomic E-state index is 14.1. The molecule has 82 valence electrons. The summed E-state index contributed by atoms with van der Waals surface area (Å²) >= 11 is 0. The molecule has 0 heterocycles. The third-order valence-electron chi connectivity index (χ3n) is 3.21. The Morgan fingerprint density at radius 1 is 1.57 bits per heavy atom. The van der Waals surface area contributed by atoms with Crippen molar-refractivity contribution in [3.63, 3.8) is 0 Å². The number of hydrogen-bond donors (Lipinski definition) is 1. The topological polar surface area (TPSA) is 52.3 Å². The summed E-state index contributed by atoms with van der Waals surface area (Å²) in [6.07, 6.45) is 1.72. The van der Waals surface area contributed by atoms with E-state index in [0.29, 0.717) is 0 Å². The Morgan fingerprint density at radius 2 is 2.07 bits per heavy atom. The first-order valence-corrected chi connectivity index (χ1v) is 4.87. The van der Waals surface area contributed by atoms with Gasteiger partial charge in [-0.25, -0.2) is 4.39 Å². The summed E-state index contributed by atoms with van der Waals surface area (Å²) in [7, 11) is 1.28. The zero-order valence-corrected chi connectivity index (χ0v) is 8.97. The highest BCUT2D eigenvalue weighted by Gasteiger charge is 2.60. The van der Waals surface area contributed by atoms with Crippen LogP contribution in [0.2, 0.25) is 0 Å². The summed E-state index contributed by atoms with van der Waals surface area (Å²) in [6, 6.07) is 0. The van der Waals surface area contributed by atoms with E-state index >= 15 is 0 Å². The molecular formula is C10H18FNO2. The summed E-state index contributed by atoms with van der Waals surface area (Å²) < 4.78 is 18.7. The lowest BCUT2D eigenvalue weighted by molar-refractivity contribution is -0.163. The molecule has 0 aromatic heterocycles. The number of esters is 1. The highest BCUT2D eigenvalue weighted by Crippen LogP contribution is 2.53. The van der Waals surface area contributed by atoms with Crippen molar-refractivity contribution < 1.29 is 13.9 Å². The summed E-state index contributed by atoms with van der Waals surface area (Å²) in [5.74, 6) is -0.477. The number of halogens is 1. The van der Waals surface area contributed by atoms with Crippen LogP contribution >= 0.6 is 0 Å². The lowest BCUT2D eigenvalue weighted by Crippen LogP contribution is -2.54. The molecule has 0 radical (unpaired) electrons. The third-order valence-corrected chi connectivity index (χ3v) is 3.21. The Balaban J connectivity index is 3.04. The average molecular weight is 203 g/mol. The molecule has 0 spiro atoms. The number of carbonyl (C=O) groups excluding carboxylic acids is 1. The van der Waals surface area contributed by atoms with E-state index in [1.54, 1.807) is 0 Å². The molecule has 4 heteroatoms. The summed E-state index contributed by atoms with van der Waals surface area (Å²) in [6.45, 7) is 2.80. The van der Waals surface area contributed by atoms with Crippen LogP contribution in [0.25, 0.3) is 0 Å². The predicted molar refractivity (Wildman–Crippen MR) is 51.4 cm³/mol. The molecule has 0 aromatic rings. The van der Waals surface area contributed by atoms with Crippen molar-refractivity contribution in [3.05, 3.63) is 0 Å². The van der Waals surface area contributed by atoms with Gasteiger partial charge < -0.3 is 10.5 Å². The Bertz CT molecular complexity index is 233. The molecule has 0 saturated heterocycles. The van der Waals surface area contributed by atoms with Gasteiger partial charge >= 0.3 is 5.97 Å². The maximum Gasteiger partial charge on any atom is 0.316 e. The Labute approximate surface area is 83.8 Å². The summed E-state index contributed by atoms with van der Waals surface area (Å²) in [5, 5.41) is 0. The highest BCUT2D eigenvalue weighted by atomic mass is 19.1. The quantitative estimate of drug-likeness (QED) is 0.700. The van der Waals surface area contributed by atoms with Gasteiger partial charge in [0.15, 0.2) is 0 Å². The normalized spacial score (nSPS) is 21.5. The number of carbonyl (C=O) groups is 1. The van der Waals surface area contributed by atoms with Crippen LogP contribution in [-0.2, 0) is 9.53 Å². The molecule has 1 unspecified atom stereocenters. The van der Waals surface area contributed by atoms with Crippen LogP contribution in [0.4, 0.5) is 4.39 Å². The molecule has 1 aliphatic rings. The van der Waals surface area contributed by atoms with Crippen LogP contribution in [-0.4, -0.2) is 25.3 Å². The SMILES string of the molecule is COC(=O)C(CN)(C1CC1)C(C)(C)F. The summed E-state index contributed by atoms with van der Waals surface area (Å²) in [5.41, 5.74) is 2.79. The lowest BCUT2D eigenvalue weighted by Gasteiger charge is -2.38. The molecule has 0 aromatic carbocycles. The van der Waals surface area contributed by atoms with Gasteiger partial charge in [0.2, 0.25) is 0 Å². The minimum atomic E-state index is -1.63. The molecule has 1 atom stereocenters. The van der Waals surface area contributed by atoms with Gasteiger partial charge in [0.05, 0.1) is 7.11 Å². The number of nitrogens with two attached hydrogens (primary N) is 1. The fourth-order valence-electron chi connectivity index (χ4n) is 2.15. The van der Waals surface area contributed by atoms with Gasteiger partial charge in [0.1, 0.15) is 11.1 Å². The molecule has 0 amide bonds. The minimum Gasteiger partial charge on any atom is -0.468 e. The van der Waals surface area contributed by atoms with Crippen LogP contribution in [0.3, 0.4) is 0 Å². The predicted octanol–water partition coefficient (Wildman–Crippen LogP) is 1.26. The largest absolute Gasteiger partial charge is 0.468 e. The van der Waals surface area contributed by atoms with E-state index in [-0.39, 0.29) is 12.5 Å². The van der Waals surface area contributed by atoms with E-state index in [0.717, 1.165) is 12.8 Å². The highest BCUT2D eigenvalue weighted by molar-refractivity contribution is 5.79. The van der Waals surface area contributed by atoms with Crippen LogP contribution in [0, 0.1) is 11.3 Å². The number of rotatable bonds is 4. The van der Waals surface area contributed by atoms with Gasteiger partial charge in [0, 0.05) is 6.54 Å². The van der Waals surface area contributed by atoms with E-state index < -0.39 is 17.1 Å². The zero-order valence-electron chi connectivity index (χ0n) is 8.97. The van der Waals surface area contributed by atoms with Crippen LogP contribution in [0.5, 0.6) is 0 Å². The van der Waals surface area contributed by atoms with Gasteiger partial charge in [-0.3, -0.25) is 4.79 Å². The van der Waals surface area contributed by atoms with Crippen LogP contribution in [0.1, 0.15) is 26.7 Å². The van der Waals surface area contributed by atoms with Gasteiger partial charge in [-0.15, -0.1) is 0 Å². The lowest BCUT2D eigenvalue weighted by atomic mass is 9.71. The second kappa shape index (κ2) is 3.50. The van der Waals surface area contributed by atoms with E-state index in [2.05, 4.69) is 4.74 Å². The molecular weight excluding hydrogens is 185 g/mol. The molecule has 1 saturated carbocycles. The van der Waals surface area contributed by atoms with Crippen molar-refractivity contribution in [2.24, 2.45) is 17.1 Å². The van der Waals surface area contributed by atoms with Gasteiger partial charge in [-0.2, -0.15) is 0 Å². The van der Waals surface area contributed by atoms with Crippen molar-refractivity contribution in [2.45, 2.75) is 32.4 Å². The average Bonchev–Trinajstić information content (AvgIpc) is 2.87. The standard InChI is InChI=1S/C10H18FNO2/c1-9(2,11)10(6-12,7-4-5-7)8(13)14-3/h7H,4-6,12H2,1-3H3. The third kappa shape index (κ3) is 1.52. The van der Waals surface area contributed by atoms with E-state index in [9.17, 15) is 9.18 Å². The molecule has 1 rings (SSSR count). The van der Waals surface area contributed by atoms with Crippen LogP contribution in [0.15, 0.2) is 0 Å². The fourth-order valence-corrected chi connectivity index (χ4v) is 2.15. The fraction of sp³-hybridized carbons (Fsp3) is 0.900. The van der Waals surface area contributed by atoms with Crippen molar-refractivity contribution in [2.75, 3.05) is 13.7 Å². The van der Waals surface area contributed by atoms with Crippen LogP contribution < -0.4 is 5.73 Å². The second-order valence-electron chi connectivity index (χ2n) is 4.41. The molecule has 0 bridgehead atoms. The van der Waals surface area contributed by atoms with Crippen molar-refractivity contribution >= 4 is 5.97 Å². The maximum absolute atomic E-state index is 14.1. The van der Waals surface area contributed by atoms with Gasteiger partial charge in [-0.05, 0) is 32.6 Å². The van der Waals surface area contributed by atoms with E-state index in [1.165, 1.54) is 21.0 Å². The molecule has 1 fully saturated rings. The van der Waals surface area contributed by atoms with E-state index in [1.807, 2.05) is 0 Å². The Kier molecular flexibility index (Phi) is 2.86.